The normalized spacial score (nSPS) is 15.9. The lowest BCUT2D eigenvalue weighted by Gasteiger charge is -2.37. The largest absolute Gasteiger partial charge is 0.495 e. The molecule has 10 heteroatoms. The molecule has 0 N–H and O–H groups in total. The molecule has 0 radical (unpaired) electrons. The standard InChI is InChI=1S/C20H18Cl2N4O3S/c1-10-12-9-24-20(30(4)27)25-17(12)11-6-5-7-23-19(11)26(10)18-15(21)13(28-2)8-14(29-3)16(18)22/h5-10H,1-4H3. The number of halogens is 2. The van der Waals surface area contributed by atoms with Gasteiger partial charge in [-0.1, -0.05) is 23.2 Å². The summed E-state index contributed by atoms with van der Waals surface area (Å²) in [5, 5.41) is 0.938. The molecule has 2 aromatic heterocycles. The van der Waals surface area contributed by atoms with Gasteiger partial charge in [-0.25, -0.2) is 15.0 Å². The van der Waals surface area contributed by atoms with E-state index < -0.39 is 10.8 Å². The van der Waals surface area contributed by atoms with Gasteiger partial charge in [0, 0.05) is 35.8 Å². The Morgan fingerprint density at radius 3 is 2.40 bits per heavy atom. The third-order valence-electron chi connectivity index (χ3n) is 4.95. The summed E-state index contributed by atoms with van der Waals surface area (Å²) in [5.41, 5.74) is 2.78. The Morgan fingerprint density at radius 1 is 1.13 bits per heavy atom. The smallest absolute Gasteiger partial charge is 0.218 e. The van der Waals surface area contributed by atoms with Crippen LogP contribution in [0.15, 0.2) is 35.7 Å². The van der Waals surface area contributed by atoms with Crippen molar-refractivity contribution in [1.82, 2.24) is 15.0 Å². The topological polar surface area (TPSA) is 77.4 Å². The van der Waals surface area contributed by atoms with Crippen molar-refractivity contribution in [2.75, 3.05) is 25.4 Å². The molecule has 0 saturated heterocycles. The minimum absolute atomic E-state index is 0.267. The van der Waals surface area contributed by atoms with Crippen molar-refractivity contribution < 1.29 is 13.7 Å². The van der Waals surface area contributed by atoms with Crippen molar-refractivity contribution in [2.24, 2.45) is 0 Å². The molecular weight excluding hydrogens is 447 g/mol. The van der Waals surface area contributed by atoms with E-state index >= 15 is 0 Å². The average Bonchev–Trinajstić information content (AvgIpc) is 2.75. The second-order valence-electron chi connectivity index (χ2n) is 6.59. The average molecular weight is 465 g/mol. The van der Waals surface area contributed by atoms with E-state index in [1.165, 1.54) is 14.2 Å². The van der Waals surface area contributed by atoms with Crippen molar-refractivity contribution in [3.8, 4) is 22.8 Å². The van der Waals surface area contributed by atoms with E-state index in [4.69, 9.17) is 32.7 Å². The molecule has 0 fully saturated rings. The summed E-state index contributed by atoms with van der Waals surface area (Å²) < 4.78 is 22.8. The van der Waals surface area contributed by atoms with Crippen molar-refractivity contribution in [3.63, 3.8) is 0 Å². The number of nitrogens with zero attached hydrogens (tertiary/aromatic N) is 4. The lowest BCUT2D eigenvalue weighted by atomic mass is 9.95. The molecule has 1 aromatic carbocycles. The van der Waals surface area contributed by atoms with E-state index in [0.717, 1.165) is 11.1 Å². The fourth-order valence-corrected chi connectivity index (χ4v) is 4.62. The number of rotatable bonds is 4. The van der Waals surface area contributed by atoms with Crippen LogP contribution in [-0.2, 0) is 10.8 Å². The summed E-state index contributed by atoms with van der Waals surface area (Å²) in [4.78, 5) is 15.3. The van der Waals surface area contributed by atoms with Crippen LogP contribution < -0.4 is 14.4 Å². The van der Waals surface area contributed by atoms with E-state index in [9.17, 15) is 4.21 Å². The van der Waals surface area contributed by atoms with Crippen LogP contribution in [0.2, 0.25) is 10.0 Å². The zero-order valence-corrected chi connectivity index (χ0v) is 19.0. The van der Waals surface area contributed by atoms with Gasteiger partial charge >= 0.3 is 0 Å². The molecule has 2 unspecified atom stereocenters. The zero-order chi connectivity index (χ0) is 21.6. The van der Waals surface area contributed by atoms with Gasteiger partial charge in [-0.3, -0.25) is 4.21 Å². The molecule has 0 aliphatic carbocycles. The molecule has 3 heterocycles. The molecule has 1 aliphatic rings. The van der Waals surface area contributed by atoms with Crippen molar-refractivity contribution in [3.05, 3.63) is 46.2 Å². The number of benzene rings is 1. The summed E-state index contributed by atoms with van der Waals surface area (Å²) in [7, 11) is 1.75. The molecule has 30 heavy (non-hydrogen) atoms. The second kappa shape index (κ2) is 8.02. The Morgan fingerprint density at radius 2 is 1.80 bits per heavy atom. The lowest BCUT2D eigenvalue weighted by molar-refractivity contribution is 0.394. The van der Waals surface area contributed by atoms with Gasteiger partial charge in [0.15, 0.2) is 0 Å². The summed E-state index contributed by atoms with van der Waals surface area (Å²) in [6, 6.07) is 5.08. The summed E-state index contributed by atoms with van der Waals surface area (Å²) >= 11 is 13.4. The minimum atomic E-state index is -1.31. The Bertz CT molecular complexity index is 1150. The van der Waals surface area contributed by atoms with E-state index in [2.05, 4.69) is 15.0 Å². The van der Waals surface area contributed by atoms with Crippen LogP contribution in [0.25, 0.3) is 11.3 Å². The molecular formula is C20H18Cl2N4O3S. The molecule has 2 atom stereocenters. The van der Waals surface area contributed by atoms with Crippen molar-refractivity contribution >= 4 is 45.5 Å². The van der Waals surface area contributed by atoms with Gasteiger partial charge in [0.1, 0.15) is 27.4 Å². The Hall–Kier alpha value is -2.42. The number of anilines is 2. The first-order valence-corrected chi connectivity index (χ1v) is 11.2. The summed E-state index contributed by atoms with van der Waals surface area (Å²) in [6.45, 7) is 1.97. The van der Waals surface area contributed by atoms with Crippen LogP contribution in [-0.4, -0.2) is 39.6 Å². The summed E-state index contributed by atoms with van der Waals surface area (Å²) in [6.07, 6.45) is 4.92. The van der Waals surface area contributed by atoms with Crippen LogP contribution in [0.4, 0.5) is 11.5 Å². The van der Waals surface area contributed by atoms with Gasteiger partial charge in [-0.15, -0.1) is 0 Å². The number of pyridine rings is 1. The third-order valence-corrected chi connectivity index (χ3v) is 6.39. The highest BCUT2D eigenvalue weighted by molar-refractivity contribution is 7.84. The highest BCUT2D eigenvalue weighted by Crippen LogP contribution is 2.54. The van der Waals surface area contributed by atoms with Crippen LogP contribution in [0.5, 0.6) is 11.5 Å². The molecule has 4 rings (SSSR count). The van der Waals surface area contributed by atoms with E-state index in [1.54, 1.807) is 24.7 Å². The number of fused-ring (bicyclic) bond motifs is 3. The Kier molecular flexibility index (Phi) is 5.57. The van der Waals surface area contributed by atoms with Gasteiger partial charge in [-0.2, -0.15) is 0 Å². The van der Waals surface area contributed by atoms with Crippen LogP contribution in [0, 0.1) is 0 Å². The highest BCUT2D eigenvalue weighted by Gasteiger charge is 2.36. The first-order valence-electron chi connectivity index (χ1n) is 8.94. The first-order chi connectivity index (χ1) is 14.4. The number of hydrogen-bond donors (Lipinski definition) is 0. The molecule has 0 spiro atoms. The fraction of sp³-hybridized carbons (Fsp3) is 0.250. The fourth-order valence-electron chi connectivity index (χ4n) is 3.51. The predicted molar refractivity (Wildman–Crippen MR) is 118 cm³/mol. The monoisotopic (exact) mass is 464 g/mol. The maximum absolute atomic E-state index is 11.9. The van der Waals surface area contributed by atoms with E-state index in [1.807, 2.05) is 24.0 Å². The minimum Gasteiger partial charge on any atom is -0.495 e. The third kappa shape index (κ3) is 3.19. The van der Waals surface area contributed by atoms with Crippen LogP contribution in [0.1, 0.15) is 18.5 Å². The van der Waals surface area contributed by atoms with E-state index in [-0.39, 0.29) is 11.2 Å². The Labute approximate surface area is 186 Å². The number of aromatic nitrogens is 3. The second-order valence-corrected chi connectivity index (χ2v) is 8.62. The van der Waals surface area contributed by atoms with Gasteiger partial charge in [0.05, 0.1) is 42.4 Å². The number of hydrogen-bond acceptors (Lipinski definition) is 7. The quantitative estimate of drug-likeness (QED) is 0.512. The van der Waals surface area contributed by atoms with Crippen LogP contribution >= 0.6 is 23.2 Å². The summed E-state index contributed by atoms with van der Waals surface area (Å²) in [5.74, 6) is 1.47. The molecule has 1 aliphatic heterocycles. The predicted octanol–water partition coefficient (Wildman–Crippen LogP) is 4.81. The first kappa shape index (κ1) is 20.8. The maximum Gasteiger partial charge on any atom is 0.218 e. The molecule has 0 amide bonds. The molecule has 3 aromatic rings. The number of ether oxygens (including phenoxy) is 2. The van der Waals surface area contributed by atoms with Gasteiger partial charge < -0.3 is 14.4 Å². The van der Waals surface area contributed by atoms with Gasteiger partial charge in [-0.05, 0) is 19.1 Å². The van der Waals surface area contributed by atoms with Gasteiger partial charge in [0.25, 0.3) is 0 Å². The van der Waals surface area contributed by atoms with Gasteiger partial charge in [0.2, 0.25) is 5.16 Å². The molecule has 0 saturated carbocycles. The van der Waals surface area contributed by atoms with Crippen molar-refractivity contribution in [1.29, 1.82) is 0 Å². The van der Waals surface area contributed by atoms with Crippen molar-refractivity contribution in [2.45, 2.75) is 18.1 Å². The number of methoxy groups -OCH3 is 2. The molecule has 156 valence electrons. The van der Waals surface area contributed by atoms with Crippen LogP contribution in [0.3, 0.4) is 0 Å². The van der Waals surface area contributed by atoms with E-state index in [0.29, 0.717) is 38.7 Å². The SMILES string of the molecule is COc1cc(OC)c(Cl)c(N2c3ncccc3-c3nc(S(C)=O)ncc3C2C)c1Cl. The Balaban J connectivity index is 2.02. The zero-order valence-electron chi connectivity index (χ0n) is 16.6. The molecule has 7 nitrogen and oxygen atoms in total. The molecule has 0 bridgehead atoms. The maximum atomic E-state index is 11.9. The highest BCUT2D eigenvalue weighted by atomic mass is 35.5. The lowest BCUT2D eigenvalue weighted by Crippen LogP contribution is -2.28.